The SMILES string of the molecule is C=C(Nc1ccc(N2CCCCC2)cc1)c1cc(-c2ccc(C(C)(C)CC)cc2)oc1-c1ccc(NC(C)(C)O)cc1.[HH].[HH]. The first-order chi connectivity index (χ1) is 20.0. The maximum Gasteiger partial charge on any atom is 0.144 e. The quantitative estimate of drug-likeness (QED) is 0.166. The molecule has 5 heteroatoms. The highest BCUT2D eigenvalue weighted by atomic mass is 16.3. The summed E-state index contributed by atoms with van der Waals surface area (Å²) in [6.07, 6.45) is 4.92. The Morgan fingerprint density at radius 2 is 1.45 bits per heavy atom. The van der Waals surface area contributed by atoms with E-state index in [1.165, 1.54) is 30.5 Å². The fourth-order valence-corrected chi connectivity index (χ4v) is 5.47. The molecule has 42 heavy (non-hydrogen) atoms. The molecule has 5 rings (SSSR count). The zero-order chi connectivity index (χ0) is 29.9. The lowest BCUT2D eigenvalue weighted by molar-refractivity contribution is 0.111. The van der Waals surface area contributed by atoms with Gasteiger partial charge in [-0.3, -0.25) is 0 Å². The molecule has 0 radical (unpaired) electrons. The molecule has 0 amide bonds. The molecule has 2 heterocycles. The zero-order valence-corrected chi connectivity index (χ0v) is 25.8. The summed E-state index contributed by atoms with van der Waals surface area (Å²) in [5.74, 6) is 1.54. The van der Waals surface area contributed by atoms with Crippen LogP contribution >= 0.6 is 0 Å². The molecule has 4 aromatic rings. The maximum atomic E-state index is 10.2. The van der Waals surface area contributed by atoms with Gasteiger partial charge in [0.05, 0.1) is 0 Å². The van der Waals surface area contributed by atoms with Gasteiger partial charge in [-0.1, -0.05) is 51.6 Å². The van der Waals surface area contributed by atoms with Gasteiger partial charge in [0.2, 0.25) is 0 Å². The average Bonchev–Trinajstić information content (AvgIpc) is 3.43. The van der Waals surface area contributed by atoms with Crippen LogP contribution in [-0.2, 0) is 5.41 Å². The van der Waals surface area contributed by atoms with Gasteiger partial charge in [0, 0.05) is 55.4 Å². The van der Waals surface area contributed by atoms with Gasteiger partial charge >= 0.3 is 0 Å². The molecule has 0 saturated carbocycles. The molecule has 0 atom stereocenters. The van der Waals surface area contributed by atoms with Crippen LogP contribution in [0.1, 0.15) is 74.3 Å². The minimum absolute atomic E-state index is 0. The molecular weight excluding hydrogens is 518 g/mol. The second-order valence-electron chi connectivity index (χ2n) is 12.6. The highest BCUT2D eigenvalue weighted by Gasteiger charge is 2.21. The summed E-state index contributed by atoms with van der Waals surface area (Å²) in [4.78, 5) is 2.46. The fraction of sp³-hybridized carbons (Fsp3) is 0.351. The Morgan fingerprint density at radius 1 is 0.857 bits per heavy atom. The van der Waals surface area contributed by atoms with Crippen LogP contribution < -0.4 is 15.5 Å². The Balaban J connectivity index is 0.00000264. The van der Waals surface area contributed by atoms with Crippen LogP contribution in [0, 0.1) is 0 Å². The third-order valence-electron chi connectivity index (χ3n) is 8.37. The number of nitrogens with one attached hydrogen (secondary N) is 2. The van der Waals surface area contributed by atoms with Crippen LogP contribution in [0.3, 0.4) is 0 Å². The number of hydrogen-bond donors (Lipinski definition) is 3. The van der Waals surface area contributed by atoms with Gasteiger partial charge in [0.15, 0.2) is 0 Å². The van der Waals surface area contributed by atoms with Gasteiger partial charge in [-0.15, -0.1) is 0 Å². The van der Waals surface area contributed by atoms with Crippen molar-refractivity contribution in [1.82, 2.24) is 0 Å². The van der Waals surface area contributed by atoms with Crippen LogP contribution in [0.25, 0.3) is 28.3 Å². The fourth-order valence-electron chi connectivity index (χ4n) is 5.47. The Kier molecular flexibility index (Phi) is 8.51. The zero-order valence-electron chi connectivity index (χ0n) is 25.8. The van der Waals surface area contributed by atoms with Crippen molar-refractivity contribution in [2.75, 3.05) is 28.6 Å². The number of nitrogens with zero attached hydrogens (tertiary/aromatic N) is 1. The topological polar surface area (TPSA) is 60.7 Å². The van der Waals surface area contributed by atoms with Gasteiger partial charge in [0.1, 0.15) is 17.2 Å². The van der Waals surface area contributed by atoms with Gasteiger partial charge in [0.25, 0.3) is 0 Å². The summed E-state index contributed by atoms with van der Waals surface area (Å²) in [6, 6.07) is 27.3. The molecule has 5 nitrogen and oxygen atoms in total. The van der Waals surface area contributed by atoms with Crippen molar-refractivity contribution in [3.63, 3.8) is 0 Å². The van der Waals surface area contributed by atoms with E-state index < -0.39 is 5.72 Å². The second kappa shape index (κ2) is 12.1. The smallest absolute Gasteiger partial charge is 0.144 e. The number of furan rings is 1. The lowest BCUT2D eigenvalue weighted by Crippen LogP contribution is -2.29. The largest absolute Gasteiger partial charge is 0.455 e. The molecule has 0 spiro atoms. The molecule has 1 fully saturated rings. The summed E-state index contributed by atoms with van der Waals surface area (Å²) in [5, 5.41) is 16.8. The van der Waals surface area contributed by atoms with Crippen molar-refractivity contribution in [1.29, 1.82) is 0 Å². The van der Waals surface area contributed by atoms with Crippen LogP contribution in [0.2, 0.25) is 0 Å². The van der Waals surface area contributed by atoms with E-state index in [-0.39, 0.29) is 8.27 Å². The highest BCUT2D eigenvalue weighted by Crippen LogP contribution is 2.38. The third kappa shape index (κ3) is 6.91. The van der Waals surface area contributed by atoms with E-state index in [0.717, 1.165) is 64.8 Å². The first kappa shape index (κ1) is 29.5. The molecule has 0 aliphatic carbocycles. The maximum absolute atomic E-state index is 10.2. The van der Waals surface area contributed by atoms with Crippen LogP contribution in [0.4, 0.5) is 17.1 Å². The van der Waals surface area contributed by atoms with E-state index in [9.17, 15) is 5.11 Å². The number of benzene rings is 3. The predicted molar refractivity (Wildman–Crippen MR) is 182 cm³/mol. The summed E-state index contributed by atoms with van der Waals surface area (Å²) in [5.41, 5.74) is 7.16. The minimum Gasteiger partial charge on any atom is -0.455 e. The summed E-state index contributed by atoms with van der Waals surface area (Å²) < 4.78 is 6.56. The molecule has 0 bridgehead atoms. The molecule has 3 N–H and O–H groups in total. The van der Waals surface area contributed by atoms with Gasteiger partial charge in [-0.2, -0.15) is 0 Å². The second-order valence-corrected chi connectivity index (χ2v) is 12.6. The summed E-state index contributed by atoms with van der Waals surface area (Å²) in [6.45, 7) is 16.9. The lowest BCUT2D eigenvalue weighted by Gasteiger charge is -2.28. The minimum atomic E-state index is -1.01. The normalized spacial score (nSPS) is 14.1. The Bertz CT molecular complexity index is 1500. The van der Waals surface area contributed by atoms with Crippen LogP contribution in [0.5, 0.6) is 0 Å². The number of aliphatic hydroxyl groups is 1. The molecule has 0 unspecified atom stereocenters. The van der Waals surface area contributed by atoms with Gasteiger partial charge in [-0.05, 0) is 105 Å². The van der Waals surface area contributed by atoms with E-state index in [4.69, 9.17) is 4.42 Å². The summed E-state index contributed by atoms with van der Waals surface area (Å²) >= 11 is 0. The van der Waals surface area contributed by atoms with Crippen LogP contribution in [0.15, 0.2) is 89.9 Å². The van der Waals surface area contributed by atoms with E-state index in [2.05, 4.69) is 97.5 Å². The average molecular weight is 568 g/mol. The third-order valence-corrected chi connectivity index (χ3v) is 8.37. The molecule has 224 valence electrons. The number of hydrogen-bond acceptors (Lipinski definition) is 5. The van der Waals surface area contributed by atoms with E-state index in [1.807, 2.05) is 24.3 Å². The first-order valence-electron chi connectivity index (χ1n) is 15.2. The predicted octanol–water partition coefficient (Wildman–Crippen LogP) is 10.0. The molecule has 1 aliphatic rings. The summed E-state index contributed by atoms with van der Waals surface area (Å²) in [7, 11) is 0. The van der Waals surface area contributed by atoms with Crippen molar-refractivity contribution in [3.05, 3.63) is 96.6 Å². The van der Waals surface area contributed by atoms with Crippen molar-refractivity contribution in [2.24, 2.45) is 0 Å². The Labute approximate surface area is 254 Å². The van der Waals surface area contributed by atoms with E-state index in [0.29, 0.717) is 0 Å². The van der Waals surface area contributed by atoms with Crippen molar-refractivity contribution >= 4 is 22.8 Å². The van der Waals surface area contributed by atoms with Crippen LogP contribution in [-0.4, -0.2) is 23.9 Å². The molecule has 3 aromatic carbocycles. The first-order valence-corrected chi connectivity index (χ1v) is 15.2. The van der Waals surface area contributed by atoms with Crippen molar-refractivity contribution < 1.29 is 12.4 Å². The molecule has 1 aromatic heterocycles. The monoisotopic (exact) mass is 567 g/mol. The van der Waals surface area contributed by atoms with Crippen molar-refractivity contribution in [2.45, 2.75) is 71.4 Å². The standard InChI is InChI=1S/C37H45N3O2.2H2/c1-7-36(3,4)29-15-11-27(12-16-29)34-25-33(35(42-34)28-13-17-31(18-14-28)39-37(5,6)41)26(2)38-30-19-21-32(22-20-30)40-23-9-8-10-24-40;;/h11-22,25,38-39,41H,2,7-10,23-24H2,1,3-6H3;2*1H. The molecular formula is C37H49N3O2. The highest BCUT2D eigenvalue weighted by molar-refractivity contribution is 5.86. The molecule has 1 saturated heterocycles. The lowest BCUT2D eigenvalue weighted by atomic mass is 9.82. The van der Waals surface area contributed by atoms with Gasteiger partial charge < -0.3 is 25.1 Å². The number of piperidine rings is 1. The van der Waals surface area contributed by atoms with E-state index in [1.54, 1.807) is 13.8 Å². The van der Waals surface area contributed by atoms with Crippen molar-refractivity contribution in [3.8, 4) is 22.6 Å². The Hall–Kier alpha value is -3.96. The van der Waals surface area contributed by atoms with E-state index >= 15 is 0 Å². The number of rotatable bonds is 10. The van der Waals surface area contributed by atoms with Gasteiger partial charge in [-0.25, -0.2) is 0 Å². The Morgan fingerprint density at radius 3 is 2.05 bits per heavy atom. The number of anilines is 3. The molecule has 1 aliphatic heterocycles.